The van der Waals surface area contributed by atoms with E-state index in [2.05, 4.69) is 4.99 Å². The first-order valence-electron chi connectivity index (χ1n) is 7.45. The highest BCUT2D eigenvalue weighted by Gasteiger charge is 2.14. The molecule has 0 aliphatic rings. The molecule has 7 nitrogen and oxygen atoms in total. The SMILES string of the molecule is CCOC(=O)Cn1c(=NC(=O)CC)sc2cc(C(=O)OC)ccc21. The van der Waals surface area contributed by atoms with Gasteiger partial charge in [0.05, 0.1) is 29.5 Å². The van der Waals surface area contributed by atoms with Gasteiger partial charge in [0.25, 0.3) is 0 Å². The van der Waals surface area contributed by atoms with Gasteiger partial charge in [-0.1, -0.05) is 18.3 Å². The van der Waals surface area contributed by atoms with Crippen LogP contribution in [0.5, 0.6) is 0 Å². The van der Waals surface area contributed by atoms with E-state index in [-0.39, 0.29) is 25.5 Å². The maximum atomic E-state index is 11.8. The van der Waals surface area contributed by atoms with Crippen LogP contribution in [-0.4, -0.2) is 36.1 Å². The number of nitrogens with zero attached hydrogens (tertiary/aromatic N) is 2. The Morgan fingerprint density at radius 1 is 1.25 bits per heavy atom. The summed E-state index contributed by atoms with van der Waals surface area (Å²) in [7, 11) is 1.31. The van der Waals surface area contributed by atoms with Crippen molar-refractivity contribution in [3.8, 4) is 0 Å². The first-order valence-corrected chi connectivity index (χ1v) is 8.26. The fourth-order valence-corrected chi connectivity index (χ4v) is 3.16. The molecule has 0 saturated carbocycles. The molecule has 0 radical (unpaired) electrons. The number of hydrogen-bond acceptors (Lipinski definition) is 6. The Balaban J connectivity index is 2.59. The van der Waals surface area contributed by atoms with Gasteiger partial charge in [-0.05, 0) is 25.1 Å². The van der Waals surface area contributed by atoms with Gasteiger partial charge in [0.1, 0.15) is 6.54 Å². The Labute approximate surface area is 142 Å². The summed E-state index contributed by atoms with van der Waals surface area (Å²) in [5, 5.41) is 0. The summed E-state index contributed by atoms with van der Waals surface area (Å²) in [6.45, 7) is 3.66. The van der Waals surface area contributed by atoms with Crippen LogP contribution in [0.1, 0.15) is 30.6 Å². The average molecular weight is 350 g/mol. The minimum absolute atomic E-state index is 0.0543. The predicted molar refractivity (Wildman–Crippen MR) is 88.6 cm³/mol. The van der Waals surface area contributed by atoms with Gasteiger partial charge < -0.3 is 14.0 Å². The van der Waals surface area contributed by atoms with Crippen molar-refractivity contribution in [2.24, 2.45) is 4.99 Å². The molecule has 1 aromatic heterocycles. The molecule has 1 aromatic carbocycles. The fraction of sp³-hybridized carbons (Fsp3) is 0.375. The van der Waals surface area contributed by atoms with Crippen molar-refractivity contribution in [1.82, 2.24) is 4.57 Å². The molecular formula is C16H18N2O5S. The van der Waals surface area contributed by atoms with E-state index in [1.807, 2.05) is 0 Å². The van der Waals surface area contributed by atoms with Crippen molar-refractivity contribution < 1.29 is 23.9 Å². The number of aromatic nitrogens is 1. The van der Waals surface area contributed by atoms with Crippen LogP contribution in [-0.2, 0) is 25.6 Å². The van der Waals surface area contributed by atoms with Crippen LogP contribution < -0.4 is 4.80 Å². The summed E-state index contributed by atoms with van der Waals surface area (Å²) in [6.07, 6.45) is 0.265. The monoisotopic (exact) mass is 350 g/mol. The molecule has 0 bridgehead atoms. The molecule has 1 heterocycles. The lowest BCUT2D eigenvalue weighted by molar-refractivity contribution is -0.143. The second-order valence-corrected chi connectivity index (χ2v) is 5.82. The molecule has 0 saturated heterocycles. The zero-order valence-electron chi connectivity index (χ0n) is 13.7. The zero-order chi connectivity index (χ0) is 17.7. The Kier molecular flexibility index (Phi) is 5.86. The van der Waals surface area contributed by atoms with Gasteiger partial charge >= 0.3 is 11.9 Å². The van der Waals surface area contributed by atoms with Crippen molar-refractivity contribution >= 4 is 39.4 Å². The molecule has 2 rings (SSSR count). The summed E-state index contributed by atoms with van der Waals surface area (Å²) in [4.78, 5) is 39.6. The van der Waals surface area contributed by atoms with Gasteiger partial charge in [0, 0.05) is 6.42 Å². The van der Waals surface area contributed by atoms with E-state index in [9.17, 15) is 14.4 Å². The molecule has 8 heteroatoms. The number of amides is 1. The Morgan fingerprint density at radius 3 is 2.62 bits per heavy atom. The van der Waals surface area contributed by atoms with Gasteiger partial charge in [-0.2, -0.15) is 4.99 Å². The standard InChI is InChI=1S/C16H18N2O5S/c1-4-13(19)17-16-18(9-14(20)23-5-2)11-7-6-10(15(21)22-3)8-12(11)24-16/h6-8H,4-5,9H2,1-3H3. The number of ether oxygens (including phenoxy) is 2. The molecule has 0 N–H and O–H groups in total. The number of esters is 2. The highest BCUT2D eigenvalue weighted by Crippen LogP contribution is 2.20. The van der Waals surface area contributed by atoms with Crippen LogP contribution >= 0.6 is 11.3 Å². The Bertz CT molecular complexity index is 850. The first-order chi connectivity index (χ1) is 11.5. The molecule has 0 spiro atoms. The smallest absolute Gasteiger partial charge is 0.337 e. The van der Waals surface area contributed by atoms with Crippen molar-refractivity contribution in [3.05, 3.63) is 28.6 Å². The molecule has 128 valence electrons. The van der Waals surface area contributed by atoms with E-state index in [1.165, 1.54) is 18.4 Å². The summed E-state index contributed by atoms with van der Waals surface area (Å²) in [5.74, 6) is -1.16. The Hall–Kier alpha value is -2.48. The molecule has 1 amide bonds. The third-order valence-electron chi connectivity index (χ3n) is 3.22. The summed E-state index contributed by atoms with van der Waals surface area (Å²) in [5.41, 5.74) is 1.09. The highest BCUT2D eigenvalue weighted by molar-refractivity contribution is 7.16. The van der Waals surface area contributed by atoms with E-state index in [1.54, 1.807) is 36.6 Å². The number of methoxy groups -OCH3 is 1. The molecular weight excluding hydrogens is 332 g/mol. The average Bonchev–Trinajstić information content (AvgIpc) is 2.90. The van der Waals surface area contributed by atoms with Crippen LogP contribution in [0.15, 0.2) is 23.2 Å². The number of thiazole rings is 1. The maximum absolute atomic E-state index is 11.8. The normalized spacial score (nSPS) is 11.5. The number of carbonyl (C=O) groups is 3. The van der Waals surface area contributed by atoms with E-state index in [0.29, 0.717) is 15.9 Å². The number of rotatable bonds is 5. The molecule has 0 atom stereocenters. The lowest BCUT2D eigenvalue weighted by atomic mass is 10.2. The molecule has 2 aromatic rings. The fourth-order valence-electron chi connectivity index (χ4n) is 2.08. The molecule has 0 aliphatic carbocycles. The maximum Gasteiger partial charge on any atom is 0.337 e. The third-order valence-corrected chi connectivity index (χ3v) is 4.26. The van der Waals surface area contributed by atoms with E-state index >= 15 is 0 Å². The van der Waals surface area contributed by atoms with Gasteiger partial charge in [-0.3, -0.25) is 9.59 Å². The zero-order valence-corrected chi connectivity index (χ0v) is 14.5. The minimum Gasteiger partial charge on any atom is -0.465 e. The Morgan fingerprint density at radius 2 is 2.00 bits per heavy atom. The lowest BCUT2D eigenvalue weighted by Crippen LogP contribution is -2.23. The summed E-state index contributed by atoms with van der Waals surface area (Å²) in [6, 6.07) is 4.96. The van der Waals surface area contributed by atoms with Gasteiger partial charge in [0.2, 0.25) is 5.91 Å². The van der Waals surface area contributed by atoms with Crippen LogP contribution in [0.2, 0.25) is 0 Å². The summed E-state index contributed by atoms with van der Waals surface area (Å²) < 4.78 is 12.0. The quantitative estimate of drug-likeness (QED) is 0.769. The lowest BCUT2D eigenvalue weighted by Gasteiger charge is -2.05. The topological polar surface area (TPSA) is 87.0 Å². The minimum atomic E-state index is -0.453. The van der Waals surface area contributed by atoms with Gasteiger partial charge in [-0.15, -0.1) is 0 Å². The molecule has 24 heavy (non-hydrogen) atoms. The second kappa shape index (κ2) is 7.87. The highest BCUT2D eigenvalue weighted by atomic mass is 32.1. The van der Waals surface area contributed by atoms with Crippen molar-refractivity contribution in [1.29, 1.82) is 0 Å². The van der Waals surface area contributed by atoms with E-state index in [0.717, 1.165) is 4.70 Å². The number of benzene rings is 1. The van der Waals surface area contributed by atoms with Crippen molar-refractivity contribution in [3.63, 3.8) is 0 Å². The van der Waals surface area contributed by atoms with Crippen molar-refractivity contribution in [2.75, 3.05) is 13.7 Å². The van der Waals surface area contributed by atoms with Crippen LogP contribution in [0.3, 0.4) is 0 Å². The number of hydrogen-bond donors (Lipinski definition) is 0. The number of fused-ring (bicyclic) bond motifs is 1. The van der Waals surface area contributed by atoms with Crippen molar-refractivity contribution in [2.45, 2.75) is 26.8 Å². The van der Waals surface area contributed by atoms with E-state index < -0.39 is 11.9 Å². The molecule has 0 aliphatic heterocycles. The summed E-state index contributed by atoms with van der Waals surface area (Å²) >= 11 is 1.23. The molecule has 0 fully saturated rings. The second-order valence-electron chi connectivity index (χ2n) is 4.81. The van der Waals surface area contributed by atoms with Gasteiger partial charge in [-0.25, -0.2) is 4.79 Å². The predicted octanol–water partition coefficient (Wildman–Crippen LogP) is 1.89. The van der Waals surface area contributed by atoms with Crippen LogP contribution in [0.4, 0.5) is 0 Å². The van der Waals surface area contributed by atoms with E-state index in [4.69, 9.17) is 9.47 Å². The molecule has 0 unspecified atom stereocenters. The number of carbonyl (C=O) groups excluding carboxylic acids is 3. The largest absolute Gasteiger partial charge is 0.465 e. The van der Waals surface area contributed by atoms with Crippen LogP contribution in [0.25, 0.3) is 10.2 Å². The van der Waals surface area contributed by atoms with Gasteiger partial charge in [0.15, 0.2) is 4.80 Å². The van der Waals surface area contributed by atoms with Crippen LogP contribution in [0, 0.1) is 0 Å². The third kappa shape index (κ3) is 3.88. The first kappa shape index (κ1) is 17.9.